The van der Waals surface area contributed by atoms with Gasteiger partial charge in [0.25, 0.3) is 0 Å². The lowest BCUT2D eigenvalue weighted by molar-refractivity contribution is -0.464. The predicted octanol–water partition coefficient (Wildman–Crippen LogP) is 6.26. The fourth-order valence-corrected chi connectivity index (χ4v) is 1.31. The standard InChI is InChI=1S/C9HF19/c10-1(11)2(12,13)3(14,15)4(16,17)5(18,19)6(20,21)7(22,23)8(24,25)9(26,27)28/h1H. The maximum atomic E-state index is 12.9. The number of hydrogen-bond donors (Lipinski definition) is 0. The van der Waals surface area contributed by atoms with Gasteiger partial charge in [-0.05, 0) is 0 Å². The molecule has 0 bridgehead atoms. The molecule has 28 heavy (non-hydrogen) atoms. The van der Waals surface area contributed by atoms with Crippen molar-refractivity contribution in [1.29, 1.82) is 0 Å². The molecule has 19 heteroatoms. The Bertz CT molecular complexity index is 564. The predicted molar refractivity (Wildman–Crippen MR) is 46.7 cm³/mol. The topological polar surface area (TPSA) is 0 Å². The van der Waals surface area contributed by atoms with E-state index in [0.29, 0.717) is 0 Å². The van der Waals surface area contributed by atoms with Crippen LogP contribution in [0.25, 0.3) is 0 Å². The molecule has 0 heterocycles. The summed E-state index contributed by atoms with van der Waals surface area (Å²) in [5.74, 6) is -59.2. The summed E-state index contributed by atoms with van der Waals surface area (Å²) in [4.78, 5) is 0. The van der Waals surface area contributed by atoms with Crippen LogP contribution in [0.3, 0.4) is 0 Å². The SMILES string of the molecule is FC(F)C(F)(F)C(F)(F)C(F)(F)C(F)(F)C(F)(F)C(F)(F)C(F)(F)C(F)(F)F. The van der Waals surface area contributed by atoms with E-state index in [-0.39, 0.29) is 0 Å². The van der Waals surface area contributed by atoms with E-state index in [0.717, 1.165) is 0 Å². The molecule has 0 rings (SSSR count). The van der Waals surface area contributed by atoms with Crippen molar-refractivity contribution < 1.29 is 83.4 Å². The summed E-state index contributed by atoms with van der Waals surface area (Å²) in [5, 5.41) is 0. The van der Waals surface area contributed by atoms with Crippen molar-refractivity contribution in [2.75, 3.05) is 0 Å². The van der Waals surface area contributed by atoms with Crippen molar-refractivity contribution in [2.24, 2.45) is 0 Å². The number of rotatable bonds is 7. The Morgan fingerprint density at radius 3 is 0.750 bits per heavy atom. The molecule has 0 N–H and O–H groups in total. The third-order valence-corrected chi connectivity index (χ3v) is 3.02. The van der Waals surface area contributed by atoms with Crippen molar-refractivity contribution in [3.8, 4) is 0 Å². The first kappa shape index (κ1) is 26.7. The Hall–Kier alpha value is -1.33. The summed E-state index contributed by atoms with van der Waals surface area (Å²) in [5.41, 5.74) is 0. The summed E-state index contributed by atoms with van der Waals surface area (Å²) in [6, 6.07) is 0. The number of halogens is 19. The highest BCUT2D eigenvalue weighted by Crippen LogP contribution is 2.64. The molecule has 0 saturated carbocycles. The van der Waals surface area contributed by atoms with Crippen molar-refractivity contribution in [3.05, 3.63) is 0 Å². The molecule has 0 aliphatic rings. The molecule has 0 unspecified atom stereocenters. The molecule has 170 valence electrons. The van der Waals surface area contributed by atoms with Crippen LogP contribution in [0.5, 0.6) is 0 Å². The van der Waals surface area contributed by atoms with Gasteiger partial charge in [-0.3, -0.25) is 0 Å². The van der Waals surface area contributed by atoms with Crippen LogP contribution in [-0.2, 0) is 0 Å². The van der Waals surface area contributed by atoms with E-state index in [1.165, 1.54) is 0 Å². The summed E-state index contributed by atoms with van der Waals surface area (Å²) in [6.07, 6.45) is -13.9. The van der Waals surface area contributed by atoms with Gasteiger partial charge in [-0.1, -0.05) is 0 Å². The van der Waals surface area contributed by atoms with Crippen LogP contribution in [0.2, 0.25) is 0 Å². The third-order valence-electron chi connectivity index (χ3n) is 3.02. The molecule has 0 atom stereocenters. The number of alkyl halides is 19. The summed E-state index contributed by atoms with van der Waals surface area (Å²) >= 11 is 0. The van der Waals surface area contributed by atoms with Gasteiger partial charge in [0.15, 0.2) is 0 Å². The van der Waals surface area contributed by atoms with E-state index < -0.39 is 54.1 Å². The third kappa shape index (κ3) is 3.02. The van der Waals surface area contributed by atoms with Crippen LogP contribution in [0, 0.1) is 0 Å². The summed E-state index contributed by atoms with van der Waals surface area (Å²) < 4.78 is 236. The zero-order valence-electron chi connectivity index (χ0n) is 11.8. The highest BCUT2D eigenvalue weighted by molar-refractivity contribution is 5.15. The molecule has 0 aliphatic heterocycles. The zero-order chi connectivity index (χ0) is 23.6. The first-order valence-corrected chi connectivity index (χ1v) is 5.69. The van der Waals surface area contributed by atoms with E-state index in [9.17, 15) is 83.4 Å². The van der Waals surface area contributed by atoms with E-state index in [4.69, 9.17) is 0 Å². The molecule has 0 aromatic heterocycles. The lowest BCUT2D eigenvalue weighted by Gasteiger charge is -2.42. The van der Waals surface area contributed by atoms with E-state index in [2.05, 4.69) is 0 Å². The van der Waals surface area contributed by atoms with Crippen LogP contribution in [-0.4, -0.2) is 54.1 Å². The zero-order valence-corrected chi connectivity index (χ0v) is 11.8. The Morgan fingerprint density at radius 1 is 0.321 bits per heavy atom. The molecule has 0 aromatic carbocycles. The molecule has 0 spiro atoms. The average Bonchev–Trinajstić information content (AvgIpc) is 2.44. The van der Waals surface area contributed by atoms with Gasteiger partial charge in [-0.15, -0.1) is 0 Å². The molecule has 0 nitrogen and oxygen atoms in total. The lowest BCUT2D eigenvalue weighted by Crippen LogP contribution is -2.75. The van der Waals surface area contributed by atoms with Crippen LogP contribution in [0.1, 0.15) is 0 Å². The lowest BCUT2D eigenvalue weighted by atomic mass is 9.89. The quantitative estimate of drug-likeness (QED) is 0.386. The molecule has 0 aliphatic carbocycles. The second kappa shape index (κ2) is 6.33. The summed E-state index contributed by atoms with van der Waals surface area (Å²) in [6.45, 7) is 0. The minimum absolute atomic E-state index is 6.02. The maximum absolute atomic E-state index is 12.9. The highest BCUT2D eigenvalue weighted by atomic mass is 19.4. The fraction of sp³-hybridized carbons (Fsp3) is 1.00. The Morgan fingerprint density at radius 2 is 0.536 bits per heavy atom. The molecule has 0 saturated heterocycles. The number of hydrogen-bond acceptors (Lipinski definition) is 0. The maximum Gasteiger partial charge on any atom is 0.460 e. The fourth-order valence-electron chi connectivity index (χ4n) is 1.31. The highest BCUT2D eigenvalue weighted by Gasteiger charge is 2.95. The Balaban J connectivity index is 6.72. The van der Waals surface area contributed by atoms with Gasteiger partial charge in [0.2, 0.25) is 0 Å². The van der Waals surface area contributed by atoms with Crippen molar-refractivity contribution >= 4 is 0 Å². The minimum atomic E-state index is -8.83. The normalized spacial score (nSPS) is 16.7. The van der Waals surface area contributed by atoms with Gasteiger partial charge in [-0.2, -0.15) is 74.6 Å². The molecule has 0 fully saturated rings. The molecular formula is C9HF19. The van der Waals surface area contributed by atoms with Gasteiger partial charge in [0.1, 0.15) is 0 Å². The monoisotopic (exact) mass is 470 g/mol. The van der Waals surface area contributed by atoms with Gasteiger partial charge in [0.05, 0.1) is 0 Å². The van der Waals surface area contributed by atoms with Crippen LogP contribution in [0.4, 0.5) is 83.4 Å². The second-order valence-electron chi connectivity index (χ2n) is 4.87. The Labute approximate surface area is 139 Å². The van der Waals surface area contributed by atoms with Gasteiger partial charge in [0, 0.05) is 0 Å². The van der Waals surface area contributed by atoms with E-state index in [1.54, 1.807) is 0 Å². The van der Waals surface area contributed by atoms with Crippen molar-refractivity contribution in [1.82, 2.24) is 0 Å². The van der Waals surface area contributed by atoms with Crippen molar-refractivity contribution in [3.63, 3.8) is 0 Å². The van der Waals surface area contributed by atoms with Gasteiger partial charge in [-0.25, -0.2) is 8.78 Å². The molecule has 0 amide bonds. The first-order chi connectivity index (χ1) is 11.7. The first-order valence-electron chi connectivity index (χ1n) is 5.69. The van der Waals surface area contributed by atoms with Gasteiger partial charge < -0.3 is 0 Å². The molecule has 0 radical (unpaired) electrons. The Kier molecular flexibility index (Phi) is 6.03. The molecular weight excluding hydrogens is 469 g/mol. The van der Waals surface area contributed by atoms with Crippen LogP contribution >= 0.6 is 0 Å². The average molecular weight is 470 g/mol. The van der Waals surface area contributed by atoms with E-state index >= 15 is 0 Å². The minimum Gasteiger partial charge on any atom is -0.203 e. The molecule has 0 aromatic rings. The largest absolute Gasteiger partial charge is 0.460 e. The van der Waals surface area contributed by atoms with Gasteiger partial charge >= 0.3 is 54.1 Å². The summed E-state index contributed by atoms with van der Waals surface area (Å²) in [7, 11) is 0. The smallest absolute Gasteiger partial charge is 0.203 e. The van der Waals surface area contributed by atoms with Crippen LogP contribution < -0.4 is 0 Å². The van der Waals surface area contributed by atoms with Crippen molar-refractivity contribution in [2.45, 2.75) is 54.1 Å². The second-order valence-corrected chi connectivity index (χ2v) is 4.87. The van der Waals surface area contributed by atoms with E-state index in [1.807, 2.05) is 0 Å². The van der Waals surface area contributed by atoms with Crippen LogP contribution in [0.15, 0.2) is 0 Å².